The van der Waals surface area contributed by atoms with Gasteiger partial charge in [0.1, 0.15) is 12.3 Å². The van der Waals surface area contributed by atoms with Gasteiger partial charge in [-0.1, -0.05) is 30.3 Å². The highest BCUT2D eigenvalue weighted by atomic mass is 16.6. The van der Waals surface area contributed by atoms with Gasteiger partial charge < -0.3 is 15.0 Å². The van der Waals surface area contributed by atoms with Gasteiger partial charge in [-0.05, 0) is 29.3 Å². The van der Waals surface area contributed by atoms with Gasteiger partial charge in [0.25, 0.3) is 11.1 Å². The molecule has 0 spiro atoms. The summed E-state index contributed by atoms with van der Waals surface area (Å²) in [5.74, 6) is 0.588. The largest absolute Gasteiger partial charge is 0.496 e. The number of nitrogens with two attached hydrogens (primary N) is 1. The lowest BCUT2D eigenvalue weighted by molar-refractivity contribution is -0.556. The maximum absolute atomic E-state index is 12.3. The molecule has 3 rings (SSSR count). The second-order valence-corrected chi connectivity index (χ2v) is 6.49. The predicted octanol–water partition coefficient (Wildman–Crippen LogP) is 2.34. The summed E-state index contributed by atoms with van der Waals surface area (Å²) in [5.41, 5.74) is 6.09. The fraction of sp³-hybridized carbons (Fsp3) is 0.250. The number of aromatic nitrogens is 1. The highest BCUT2D eigenvalue weighted by molar-refractivity contribution is 5.72. The molecule has 0 bridgehead atoms. The van der Waals surface area contributed by atoms with Gasteiger partial charge in [-0.3, -0.25) is 14.9 Å². The summed E-state index contributed by atoms with van der Waals surface area (Å²) in [7, 11) is 1.54. The monoisotopic (exact) mass is 367 g/mol. The zero-order valence-electron chi connectivity index (χ0n) is 15.0. The molecule has 1 aliphatic carbocycles. The van der Waals surface area contributed by atoms with Crippen molar-refractivity contribution in [3.05, 3.63) is 98.2 Å². The Morgan fingerprint density at radius 1 is 1.30 bits per heavy atom. The zero-order valence-corrected chi connectivity index (χ0v) is 15.0. The Hall–Kier alpha value is -3.19. The third kappa shape index (κ3) is 3.68. The number of rotatable bonds is 6. The Bertz CT molecular complexity index is 963. The SMILES string of the molecule is COC1=C(c2ccccc2)CC(Cn2ccc(CN)cc2=O)([N+](=O)[O-])C=C1. The molecule has 0 aliphatic heterocycles. The van der Waals surface area contributed by atoms with Gasteiger partial charge >= 0.3 is 0 Å². The molecular weight excluding hydrogens is 346 g/mol. The molecule has 0 saturated carbocycles. The molecule has 1 unspecified atom stereocenters. The highest BCUT2D eigenvalue weighted by Crippen LogP contribution is 2.36. The highest BCUT2D eigenvalue weighted by Gasteiger charge is 2.44. The van der Waals surface area contributed by atoms with Crippen LogP contribution in [0.15, 0.2) is 71.4 Å². The van der Waals surface area contributed by atoms with Gasteiger partial charge in [0.05, 0.1) is 13.5 Å². The van der Waals surface area contributed by atoms with Gasteiger partial charge in [0.15, 0.2) is 0 Å². The molecule has 0 radical (unpaired) electrons. The Labute approximate surface area is 156 Å². The molecule has 0 saturated heterocycles. The number of hydrogen-bond acceptors (Lipinski definition) is 5. The van der Waals surface area contributed by atoms with E-state index < -0.39 is 5.54 Å². The predicted molar refractivity (Wildman–Crippen MR) is 102 cm³/mol. The third-order valence-electron chi connectivity index (χ3n) is 4.77. The van der Waals surface area contributed by atoms with Gasteiger partial charge in [-0.15, -0.1) is 0 Å². The Kier molecular flexibility index (Phi) is 5.23. The molecular formula is C20H21N3O4. The maximum Gasteiger partial charge on any atom is 0.262 e. The van der Waals surface area contributed by atoms with E-state index in [4.69, 9.17) is 10.5 Å². The summed E-state index contributed by atoms with van der Waals surface area (Å²) >= 11 is 0. The van der Waals surface area contributed by atoms with Crippen LogP contribution >= 0.6 is 0 Å². The van der Waals surface area contributed by atoms with Crippen LogP contribution in [0.5, 0.6) is 0 Å². The van der Waals surface area contributed by atoms with Crippen LogP contribution in [0, 0.1) is 10.1 Å². The molecule has 2 N–H and O–H groups in total. The molecule has 7 heteroatoms. The Morgan fingerprint density at radius 2 is 2.04 bits per heavy atom. The number of nitrogens with zero attached hydrogens (tertiary/aromatic N) is 2. The average molecular weight is 367 g/mol. The number of nitro groups is 1. The lowest BCUT2D eigenvalue weighted by atomic mass is 9.83. The summed E-state index contributed by atoms with van der Waals surface area (Å²) in [6.07, 6.45) is 4.81. The van der Waals surface area contributed by atoms with Crippen molar-refractivity contribution in [1.29, 1.82) is 0 Å². The molecule has 1 aliphatic rings. The van der Waals surface area contributed by atoms with Crippen LogP contribution in [-0.4, -0.2) is 22.1 Å². The van der Waals surface area contributed by atoms with Gasteiger partial charge in [-0.2, -0.15) is 0 Å². The minimum Gasteiger partial charge on any atom is -0.496 e. The number of hydrogen-bond donors (Lipinski definition) is 1. The van der Waals surface area contributed by atoms with Crippen molar-refractivity contribution in [3.63, 3.8) is 0 Å². The summed E-state index contributed by atoms with van der Waals surface area (Å²) in [5, 5.41) is 12.0. The maximum atomic E-state index is 12.3. The van der Waals surface area contributed by atoms with Crippen LogP contribution in [0.4, 0.5) is 0 Å². The number of pyridine rings is 1. The molecule has 27 heavy (non-hydrogen) atoms. The molecule has 2 aromatic rings. The van der Waals surface area contributed by atoms with Crippen molar-refractivity contribution in [3.8, 4) is 0 Å². The van der Waals surface area contributed by atoms with Crippen molar-refractivity contribution in [2.75, 3.05) is 7.11 Å². The standard InChI is InChI=1S/C20H21N3O4/c1-27-18-7-9-20(23(25)26,12-17(18)16-5-3-2-4-6-16)14-22-10-8-15(13-21)11-19(22)24/h2-11H,12-14,21H2,1H3. The fourth-order valence-corrected chi connectivity index (χ4v) is 3.25. The zero-order chi connectivity index (χ0) is 19.4. The summed E-state index contributed by atoms with van der Waals surface area (Å²) in [4.78, 5) is 24.0. The first-order valence-electron chi connectivity index (χ1n) is 8.55. The van der Waals surface area contributed by atoms with Crippen LogP contribution in [0.25, 0.3) is 5.57 Å². The number of benzene rings is 1. The summed E-state index contributed by atoms with van der Waals surface area (Å²) < 4.78 is 6.78. The smallest absolute Gasteiger partial charge is 0.262 e. The Morgan fingerprint density at radius 3 is 2.63 bits per heavy atom. The number of allylic oxidation sites excluding steroid dienone is 1. The van der Waals surface area contributed by atoms with Gasteiger partial charge in [-0.25, -0.2) is 0 Å². The van der Waals surface area contributed by atoms with E-state index in [2.05, 4.69) is 0 Å². The molecule has 1 heterocycles. The van der Waals surface area contributed by atoms with E-state index in [1.54, 1.807) is 18.3 Å². The Balaban J connectivity index is 2.01. The van der Waals surface area contributed by atoms with E-state index in [1.807, 2.05) is 30.3 Å². The molecule has 7 nitrogen and oxygen atoms in total. The van der Waals surface area contributed by atoms with Crippen molar-refractivity contribution in [1.82, 2.24) is 4.57 Å². The summed E-state index contributed by atoms with van der Waals surface area (Å²) in [6, 6.07) is 12.5. The van der Waals surface area contributed by atoms with E-state index in [-0.39, 0.29) is 30.0 Å². The quantitative estimate of drug-likeness (QED) is 0.624. The number of ether oxygens (including phenoxy) is 1. The van der Waals surface area contributed by atoms with Crippen molar-refractivity contribution >= 4 is 5.57 Å². The molecule has 140 valence electrons. The lowest BCUT2D eigenvalue weighted by Crippen LogP contribution is -2.44. The fourth-order valence-electron chi connectivity index (χ4n) is 3.25. The van der Waals surface area contributed by atoms with Crippen LogP contribution in [0.2, 0.25) is 0 Å². The van der Waals surface area contributed by atoms with Crippen LogP contribution < -0.4 is 11.3 Å². The van der Waals surface area contributed by atoms with Crippen LogP contribution in [-0.2, 0) is 17.8 Å². The lowest BCUT2D eigenvalue weighted by Gasteiger charge is -2.28. The van der Waals surface area contributed by atoms with Crippen molar-refractivity contribution in [2.45, 2.75) is 25.0 Å². The van der Waals surface area contributed by atoms with E-state index in [0.29, 0.717) is 11.3 Å². The van der Waals surface area contributed by atoms with Gasteiger partial charge in [0, 0.05) is 29.3 Å². The second-order valence-electron chi connectivity index (χ2n) is 6.49. The van der Waals surface area contributed by atoms with E-state index in [1.165, 1.54) is 23.8 Å². The van der Waals surface area contributed by atoms with Crippen molar-refractivity contribution < 1.29 is 9.66 Å². The van der Waals surface area contributed by atoms with E-state index in [0.717, 1.165) is 11.1 Å². The second kappa shape index (κ2) is 7.59. The van der Waals surface area contributed by atoms with E-state index >= 15 is 0 Å². The molecule has 1 aromatic heterocycles. The topological polar surface area (TPSA) is 100 Å². The van der Waals surface area contributed by atoms with Gasteiger partial charge in [0.2, 0.25) is 0 Å². The molecule has 1 atom stereocenters. The molecule has 0 amide bonds. The first-order valence-corrected chi connectivity index (χ1v) is 8.55. The minimum atomic E-state index is -1.44. The first-order chi connectivity index (χ1) is 13.0. The first kappa shape index (κ1) is 18.6. The van der Waals surface area contributed by atoms with E-state index in [9.17, 15) is 14.9 Å². The number of methoxy groups -OCH3 is 1. The molecule has 1 aromatic carbocycles. The average Bonchev–Trinajstić information content (AvgIpc) is 2.70. The normalized spacial score (nSPS) is 19.2. The van der Waals surface area contributed by atoms with Crippen LogP contribution in [0.3, 0.4) is 0 Å². The van der Waals surface area contributed by atoms with Crippen molar-refractivity contribution in [2.24, 2.45) is 5.73 Å². The minimum absolute atomic E-state index is 0.0759. The third-order valence-corrected chi connectivity index (χ3v) is 4.77. The summed E-state index contributed by atoms with van der Waals surface area (Å²) in [6.45, 7) is 0.169. The molecule has 0 fully saturated rings. The van der Waals surface area contributed by atoms with Crippen LogP contribution in [0.1, 0.15) is 17.5 Å².